The molecule has 0 N–H and O–H groups in total. The summed E-state index contributed by atoms with van der Waals surface area (Å²) >= 11 is 3.34. The third-order valence-electron chi connectivity index (χ3n) is 3.69. The van der Waals surface area contributed by atoms with E-state index in [1.807, 2.05) is 53.1 Å². The highest BCUT2D eigenvalue weighted by atomic mass is 79.9. The van der Waals surface area contributed by atoms with Crippen LogP contribution >= 0.6 is 15.9 Å². The Hall–Kier alpha value is -2.53. The SMILES string of the molecule is Fc1ncc(Br)cc1-c1cccc(-n2cnc3ccccc32)c1. The highest BCUT2D eigenvalue weighted by molar-refractivity contribution is 9.10. The summed E-state index contributed by atoms with van der Waals surface area (Å²) in [4.78, 5) is 8.16. The van der Waals surface area contributed by atoms with E-state index in [-0.39, 0.29) is 0 Å². The van der Waals surface area contributed by atoms with E-state index in [2.05, 4.69) is 25.9 Å². The van der Waals surface area contributed by atoms with Crippen molar-refractivity contribution < 1.29 is 4.39 Å². The molecule has 0 saturated carbocycles. The zero-order chi connectivity index (χ0) is 15.8. The van der Waals surface area contributed by atoms with Crippen molar-refractivity contribution in [3.8, 4) is 16.8 Å². The highest BCUT2D eigenvalue weighted by Gasteiger charge is 2.09. The normalized spacial score (nSPS) is 11.0. The minimum absolute atomic E-state index is 0.464. The molecule has 0 saturated heterocycles. The summed E-state index contributed by atoms with van der Waals surface area (Å²) in [6.45, 7) is 0. The van der Waals surface area contributed by atoms with Crippen molar-refractivity contribution in [2.45, 2.75) is 0 Å². The van der Waals surface area contributed by atoms with Gasteiger partial charge in [0.15, 0.2) is 0 Å². The number of fused-ring (bicyclic) bond motifs is 1. The molecule has 0 aliphatic carbocycles. The second-order valence-electron chi connectivity index (χ2n) is 5.15. The first kappa shape index (κ1) is 14.1. The van der Waals surface area contributed by atoms with Crippen LogP contribution in [0, 0.1) is 5.95 Å². The van der Waals surface area contributed by atoms with Crippen LogP contribution in [0.25, 0.3) is 27.8 Å². The number of hydrogen-bond donors (Lipinski definition) is 0. The fourth-order valence-electron chi connectivity index (χ4n) is 2.61. The number of aromatic nitrogens is 3. The molecule has 0 aliphatic heterocycles. The first-order valence-corrected chi connectivity index (χ1v) is 7.85. The molecule has 0 aliphatic rings. The number of imidazole rings is 1. The Labute approximate surface area is 140 Å². The summed E-state index contributed by atoms with van der Waals surface area (Å²) in [7, 11) is 0. The van der Waals surface area contributed by atoms with Crippen LogP contribution in [0.1, 0.15) is 0 Å². The molecule has 0 unspecified atom stereocenters. The van der Waals surface area contributed by atoms with Crippen molar-refractivity contribution in [2.75, 3.05) is 0 Å². The molecule has 23 heavy (non-hydrogen) atoms. The Morgan fingerprint density at radius 1 is 0.957 bits per heavy atom. The quantitative estimate of drug-likeness (QED) is 0.467. The average molecular weight is 368 g/mol. The molecule has 0 atom stereocenters. The zero-order valence-electron chi connectivity index (χ0n) is 11.9. The fourth-order valence-corrected chi connectivity index (χ4v) is 2.94. The lowest BCUT2D eigenvalue weighted by molar-refractivity contribution is 0.587. The molecule has 4 aromatic rings. The molecule has 2 aromatic heterocycles. The van der Waals surface area contributed by atoms with E-state index < -0.39 is 5.95 Å². The third kappa shape index (κ3) is 2.53. The number of halogens is 2. The van der Waals surface area contributed by atoms with E-state index in [1.165, 1.54) is 6.20 Å². The Morgan fingerprint density at radius 2 is 1.83 bits per heavy atom. The lowest BCUT2D eigenvalue weighted by Crippen LogP contribution is -1.94. The Bertz CT molecular complexity index is 1010. The summed E-state index contributed by atoms with van der Waals surface area (Å²) in [6.07, 6.45) is 3.23. The van der Waals surface area contributed by atoms with E-state index in [1.54, 1.807) is 12.4 Å². The maximum Gasteiger partial charge on any atom is 0.220 e. The lowest BCUT2D eigenvalue weighted by Gasteiger charge is -2.08. The predicted octanol–water partition coefficient (Wildman–Crippen LogP) is 4.99. The van der Waals surface area contributed by atoms with Crippen LogP contribution in [0.5, 0.6) is 0 Å². The van der Waals surface area contributed by atoms with Gasteiger partial charge in [0.1, 0.15) is 6.33 Å². The van der Waals surface area contributed by atoms with E-state index in [9.17, 15) is 4.39 Å². The summed E-state index contributed by atoms with van der Waals surface area (Å²) in [6, 6.07) is 17.3. The van der Waals surface area contributed by atoms with E-state index in [0.717, 1.165) is 26.8 Å². The number of benzene rings is 2. The Morgan fingerprint density at radius 3 is 2.74 bits per heavy atom. The Balaban J connectivity index is 1.88. The van der Waals surface area contributed by atoms with Gasteiger partial charge >= 0.3 is 0 Å². The van der Waals surface area contributed by atoms with Gasteiger partial charge in [0, 0.05) is 21.9 Å². The van der Waals surface area contributed by atoms with Crippen molar-refractivity contribution in [1.82, 2.24) is 14.5 Å². The van der Waals surface area contributed by atoms with Gasteiger partial charge < -0.3 is 0 Å². The monoisotopic (exact) mass is 367 g/mol. The molecule has 3 nitrogen and oxygen atoms in total. The number of nitrogens with zero attached hydrogens (tertiary/aromatic N) is 3. The molecule has 2 aromatic carbocycles. The molecule has 0 spiro atoms. The van der Waals surface area contributed by atoms with Crippen LogP contribution in [0.15, 0.2) is 71.6 Å². The topological polar surface area (TPSA) is 30.7 Å². The predicted molar refractivity (Wildman–Crippen MR) is 92.0 cm³/mol. The van der Waals surface area contributed by atoms with Crippen molar-refractivity contribution in [3.63, 3.8) is 0 Å². The van der Waals surface area contributed by atoms with Gasteiger partial charge in [0.2, 0.25) is 5.95 Å². The molecule has 0 fully saturated rings. The number of para-hydroxylation sites is 2. The van der Waals surface area contributed by atoms with Gasteiger partial charge in [-0.25, -0.2) is 9.97 Å². The minimum Gasteiger partial charge on any atom is -0.299 e. The van der Waals surface area contributed by atoms with E-state index >= 15 is 0 Å². The summed E-state index contributed by atoms with van der Waals surface area (Å²) < 4.78 is 16.8. The molecular formula is C18H11BrFN3. The minimum atomic E-state index is -0.485. The van der Waals surface area contributed by atoms with Gasteiger partial charge in [-0.3, -0.25) is 4.57 Å². The Kier molecular flexibility index (Phi) is 3.42. The van der Waals surface area contributed by atoms with Gasteiger partial charge in [0.25, 0.3) is 0 Å². The summed E-state index contributed by atoms with van der Waals surface area (Å²) in [5, 5.41) is 0. The lowest BCUT2D eigenvalue weighted by atomic mass is 10.1. The first-order chi connectivity index (χ1) is 11.2. The second kappa shape index (κ2) is 5.59. The van der Waals surface area contributed by atoms with Crippen molar-refractivity contribution in [3.05, 3.63) is 77.5 Å². The van der Waals surface area contributed by atoms with Gasteiger partial charge in [-0.15, -0.1) is 0 Å². The number of pyridine rings is 1. The third-order valence-corrected chi connectivity index (χ3v) is 4.13. The maximum atomic E-state index is 14.0. The molecule has 0 radical (unpaired) electrons. The number of rotatable bonds is 2. The molecule has 112 valence electrons. The van der Waals surface area contributed by atoms with Crippen molar-refractivity contribution in [2.24, 2.45) is 0 Å². The molecule has 2 heterocycles. The van der Waals surface area contributed by atoms with Crippen LogP contribution in [0.3, 0.4) is 0 Å². The fraction of sp³-hybridized carbons (Fsp3) is 0. The van der Waals surface area contributed by atoms with Crippen LogP contribution in [0.2, 0.25) is 0 Å². The molecule has 5 heteroatoms. The highest BCUT2D eigenvalue weighted by Crippen LogP contribution is 2.27. The second-order valence-corrected chi connectivity index (χ2v) is 6.06. The van der Waals surface area contributed by atoms with Gasteiger partial charge in [-0.2, -0.15) is 4.39 Å². The first-order valence-electron chi connectivity index (χ1n) is 7.06. The van der Waals surface area contributed by atoms with Crippen molar-refractivity contribution >= 4 is 27.0 Å². The zero-order valence-corrected chi connectivity index (χ0v) is 13.5. The van der Waals surface area contributed by atoms with E-state index in [4.69, 9.17) is 0 Å². The van der Waals surface area contributed by atoms with E-state index in [0.29, 0.717) is 5.56 Å². The summed E-state index contributed by atoms with van der Waals surface area (Å²) in [5.74, 6) is -0.485. The molecule has 4 rings (SSSR count). The van der Waals surface area contributed by atoms with Crippen molar-refractivity contribution in [1.29, 1.82) is 0 Å². The maximum absolute atomic E-state index is 14.0. The van der Waals surface area contributed by atoms with Crippen LogP contribution in [0.4, 0.5) is 4.39 Å². The van der Waals surface area contributed by atoms with Gasteiger partial charge in [-0.1, -0.05) is 24.3 Å². The van der Waals surface area contributed by atoms with Gasteiger partial charge in [0.05, 0.1) is 11.0 Å². The van der Waals surface area contributed by atoms with Gasteiger partial charge in [-0.05, 0) is 51.8 Å². The van der Waals surface area contributed by atoms with Crippen LogP contribution in [-0.2, 0) is 0 Å². The average Bonchev–Trinajstić information content (AvgIpc) is 3.01. The van der Waals surface area contributed by atoms with Crippen LogP contribution < -0.4 is 0 Å². The smallest absolute Gasteiger partial charge is 0.220 e. The molecule has 0 bridgehead atoms. The standard InChI is InChI=1S/C18H11BrFN3/c19-13-9-15(18(20)21-10-13)12-4-3-5-14(8-12)23-11-22-16-6-1-2-7-17(16)23/h1-11H. The molecular weight excluding hydrogens is 357 g/mol. The summed E-state index contributed by atoms with van der Waals surface area (Å²) in [5.41, 5.74) is 4.10. The molecule has 0 amide bonds. The number of hydrogen-bond acceptors (Lipinski definition) is 2. The largest absolute Gasteiger partial charge is 0.299 e. The van der Waals surface area contributed by atoms with Crippen LogP contribution in [-0.4, -0.2) is 14.5 Å².